The second-order valence-corrected chi connectivity index (χ2v) is 3.18. The van der Waals surface area contributed by atoms with Gasteiger partial charge in [-0.25, -0.2) is 4.39 Å². The molecule has 1 aromatic carbocycles. The van der Waals surface area contributed by atoms with Crippen LogP contribution >= 0.6 is 0 Å². The number of carbonyl (C=O) groups is 1. The lowest BCUT2D eigenvalue weighted by atomic mass is 9.91. The molecule has 1 aliphatic carbocycles. The van der Waals surface area contributed by atoms with Gasteiger partial charge in [0, 0.05) is 0 Å². The molecule has 0 radical (unpaired) electrons. The van der Waals surface area contributed by atoms with Crippen molar-refractivity contribution in [2.24, 2.45) is 0 Å². The van der Waals surface area contributed by atoms with E-state index < -0.39 is 0 Å². The predicted molar refractivity (Wildman–Crippen MR) is 52.4 cm³/mol. The molecule has 0 N–H and O–H groups in total. The molecule has 0 saturated carbocycles. The number of rotatable bonds is 1. The van der Waals surface area contributed by atoms with Crippen molar-refractivity contribution in [2.75, 3.05) is 0 Å². The molecule has 0 heterocycles. The summed E-state index contributed by atoms with van der Waals surface area (Å²) < 4.78 is 12.9. The minimum absolute atomic E-state index is 0.00176. The van der Waals surface area contributed by atoms with E-state index in [9.17, 15) is 9.18 Å². The molecule has 0 saturated heterocycles. The number of carbonyl (C=O) groups excluding carboxylic acids is 1. The first-order valence-corrected chi connectivity index (χ1v) is 4.41. The molecule has 1 atom stereocenters. The average molecular weight is 188 g/mol. The lowest BCUT2D eigenvalue weighted by Crippen LogP contribution is -2.09. The molecule has 0 bridgehead atoms. The van der Waals surface area contributed by atoms with E-state index in [2.05, 4.69) is 0 Å². The van der Waals surface area contributed by atoms with Gasteiger partial charge >= 0.3 is 0 Å². The lowest BCUT2D eigenvalue weighted by molar-refractivity contribution is -0.115. The SMILES string of the molecule is O=C1C=CC=CC1c1cccc(F)c1. The predicted octanol–water partition coefficient (Wildman–Crippen LogP) is 2.60. The normalized spacial score (nSPS) is 20.1. The quantitative estimate of drug-likeness (QED) is 0.662. The Labute approximate surface area is 81.6 Å². The van der Waals surface area contributed by atoms with Gasteiger partial charge in [0.25, 0.3) is 0 Å². The van der Waals surface area contributed by atoms with Crippen molar-refractivity contribution in [3.8, 4) is 0 Å². The topological polar surface area (TPSA) is 17.1 Å². The zero-order valence-electron chi connectivity index (χ0n) is 7.48. The number of allylic oxidation sites excluding steroid dienone is 4. The molecule has 1 unspecified atom stereocenters. The van der Waals surface area contributed by atoms with Crippen LogP contribution in [0.5, 0.6) is 0 Å². The smallest absolute Gasteiger partial charge is 0.166 e. The maximum absolute atomic E-state index is 12.9. The summed E-state index contributed by atoms with van der Waals surface area (Å²) in [6, 6.07) is 6.14. The van der Waals surface area contributed by atoms with Gasteiger partial charge < -0.3 is 0 Å². The van der Waals surface area contributed by atoms with Crippen LogP contribution < -0.4 is 0 Å². The Balaban J connectivity index is 2.36. The molecular formula is C12H9FO. The van der Waals surface area contributed by atoms with Gasteiger partial charge in [-0.2, -0.15) is 0 Å². The molecule has 2 heteroatoms. The van der Waals surface area contributed by atoms with Gasteiger partial charge in [0.15, 0.2) is 5.78 Å². The van der Waals surface area contributed by atoms with Gasteiger partial charge in [0.1, 0.15) is 5.82 Å². The van der Waals surface area contributed by atoms with E-state index in [1.54, 1.807) is 30.4 Å². The zero-order chi connectivity index (χ0) is 9.97. The van der Waals surface area contributed by atoms with Crippen LogP contribution in [0.15, 0.2) is 48.6 Å². The highest BCUT2D eigenvalue weighted by Gasteiger charge is 2.16. The van der Waals surface area contributed by atoms with Crippen LogP contribution in [-0.4, -0.2) is 5.78 Å². The number of ketones is 1. The molecule has 0 aromatic heterocycles. The molecule has 0 aliphatic heterocycles. The van der Waals surface area contributed by atoms with Gasteiger partial charge in [-0.05, 0) is 23.8 Å². The number of benzene rings is 1. The number of hydrogen-bond acceptors (Lipinski definition) is 1. The Bertz CT molecular complexity index is 418. The highest BCUT2D eigenvalue weighted by molar-refractivity contribution is 5.98. The van der Waals surface area contributed by atoms with E-state index in [1.165, 1.54) is 18.2 Å². The molecule has 1 aromatic rings. The highest BCUT2D eigenvalue weighted by atomic mass is 19.1. The van der Waals surface area contributed by atoms with E-state index in [-0.39, 0.29) is 17.5 Å². The van der Waals surface area contributed by atoms with E-state index in [1.807, 2.05) is 0 Å². The second kappa shape index (κ2) is 3.58. The van der Waals surface area contributed by atoms with Crippen molar-refractivity contribution < 1.29 is 9.18 Å². The van der Waals surface area contributed by atoms with Gasteiger partial charge in [-0.15, -0.1) is 0 Å². The Hall–Kier alpha value is -1.70. The first-order valence-electron chi connectivity index (χ1n) is 4.41. The Morgan fingerprint density at radius 3 is 2.79 bits per heavy atom. The van der Waals surface area contributed by atoms with Crippen molar-refractivity contribution >= 4 is 5.78 Å². The van der Waals surface area contributed by atoms with Crippen LogP contribution in [0, 0.1) is 5.82 Å². The third-order valence-corrected chi connectivity index (χ3v) is 2.19. The zero-order valence-corrected chi connectivity index (χ0v) is 7.48. The molecule has 1 aliphatic rings. The molecule has 0 spiro atoms. The summed E-state index contributed by atoms with van der Waals surface area (Å²) in [5, 5.41) is 0. The van der Waals surface area contributed by atoms with Crippen molar-refractivity contribution in [1.29, 1.82) is 0 Å². The summed E-state index contributed by atoms with van der Waals surface area (Å²) in [7, 11) is 0. The first kappa shape index (κ1) is 8.88. The third-order valence-electron chi connectivity index (χ3n) is 2.19. The molecule has 2 rings (SSSR count). The standard InChI is InChI=1S/C12H9FO/c13-10-5-3-4-9(8-10)11-6-1-2-7-12(11)14/h1-8,11H. The van der Waals surface area contributed by atoms with Crippen LogP contribution in [0.1, 0.15) is 11.5 Å². The molecule has 70 valence electrons. The fraction of sp³-hybridized carbons (Fsp3) is 0.0833. The van der Waals surface area contributed by atoms with Gasteiger partial charge in [-0.1, -0.05) is 30.4 Å². The molecule has 0 fully saturated rings. The van der Waals surface area contributed by atoms with Crippen molar-refractivity contribution in [2.45, 2.75) is 5.92 Å². The number of hydrogen-bond donors (Lipinski definition) is 0. The molecule has 0 amide bonds. The summed E-state index contributed by atoms with van der Waals surface area (Å²) in [5.41, 5.74) is 0.704. The van der Waals surface area contributed by atoms with Crippen LogP contribution in [0.4, 0.5) is 4.39 Å². The van der Waals surface area contributed by atoms with Crippen molar-refractivity contribution in [3.63, 3.8) is 0 Å². The van der Waals surface area contributed by atoms with E-state index in [0.717, 1.165) is 0 Å². The van der Waals surface area contributed by atoms with Crippen LogP contribution in [0.2, 0.25) is 0 Å². The van der Waals surface area contributed by atoms with Crippen molar-refractivity contribution in [3.05, 3.63) is 60.0 Å². The number of halogens is 1. The van der Waals surface area contributed by atoms with Gasteiger partial charge in [0.2, 0.25) is 0 Å². The maximum Gasteiger partial charge on any atom is 0.166 e. The highest BCUT2D eigenvalue weighted by Crippen LogP contribution is 2.22. The maximum atomic E-state index is 12.9. The summed E-state index contributed by atoms with van der Waals surface area (Å²) in [5.74, 6) is -0.632. The first-order chi connectivity index (χ1) is 6.77. The summed E-state index contributed by atoms with van der Waals surface area (Å²) in [4.78, 5) is 11.4. The largest absolute Gasteiger partial charge is 0.294 e. The second-order valence-electron chi connectivity index (χ2n) is 3.18. The Kier molecular flexibility index (Phi) is 2.27. The van der Waals surface area contributed by atoms with E-state index >= 15 is 0 Å². The Morgan fingerprint density at radius 2 is 2.07 bits per heavy atom. The lowest BCUT2D eigenvalue weighted by Gasteiger charge is -2.11. The average Bonchev–Trinajstić information content (AvgIpc) is 2.18. The van der Waals surface area contributed by atoms with E-state index in [4.69, 9.17) is 0 Å². The van der Waals surface area contributed by atoms with Gasteiger partial charge in [-0.3, -0.25) is 4.79 Å². The molecule has 1 nitrogen and oxygen atoms in total. The van der Waals surface area contributed by atoms with Crippen molar-refractivity contribution in [1.82, 2.24) is 0 Å². The van der Waals surface area contributed by atoms with Crippen LogP contribution in [0.25, 0.3) is 0 Å². The molecule has 14 heavy (non-hydrogen) atoms. The van der Waals surface area contributed by atoms with E-state index in [0.29, 0.717) is 5.56 Å². The minimum atomic E-state index is -0.323. The van der Waals surface area contributed by atoms with Crippen LogP contribution in [0.3, 0.4) is 0 Å². The minimum Gasteiger partial charge on any atom is -0.294 e. The van der Waals surface area contributed by atoms with Crippen LogP contribution in [-0.2, 0) is 4.79 Å². The third kappa shape index (κ3) is 1.64. The summed E-state index contributed by atoms with van der Waals surface area (Å²) in [6.07, 6.45) is 6.78. The van der Waals surface area contributed by atoms with Gasteiger partial charge in [0.05, 0.1) is 5.92 Å². The summed E-state index contributed by atoms with van der Waals surface area (Å²) >= 11 is 0. The Morgan fingerprint density at radius 1 is 1.21 bits per heavy atom. The monoisotopic (exact) mass is 188 g/mol. The fourth-order valence-corrected chi connectivity index (χ4v) is 1.50. The molecular weight excluding hydrogens is 179 g/mol. The summed E-state index contributed by atoms with van der Waals surface area (Å²) in [6.45, 7) is 0. The fourth-order valence-electron chi connectivity index (χ4n) is 1.50.